The lowest BCUT2D eigenvalue weighted by Gasteiger charge is -2.25. The first kappa shape index (κ1) is 23.5. The molecule has 2 aromatic rings. The Morgan fingerprint density at radius 1 is 1.16 bits per heavy atom. The molecule has 0 aliphatic carbocycles. The largest absolute Gasteiger partial charge is 0.496 e. The van der Waals surface area contributed by atoms with E-state index in [1.54, 1.807) is 25.4 Å². The summed E-state index contributed by atoms with van der Waals surface area (Å²) in [5, 5.41) is 3.26. The van der Waals surface area contributed by atoms with Crippen LogP contribution in [0.2, 0.25) is 0 Å². The zero-order valence-corrected chi connectivity index (χ0v) is 19.6. The van der Waals surface area contributed by atoms with Gasteiger partial charge < -0.3 is 15.0 Å². The Morgan fingerprint density at radius 3 is 2.48 bits per heavy atom. The van der Waals surface area contributed by atoms with Gasteiger partial charge in [-0.3, -0.25) is 4.79 Å². The number of aromatic nitrogens is 1. The van der Waals surface area contributed by atoms with Crippen LogP contribution in [0.5, 0.6) is 5.75 Å². The molecule has 3 N–H and O–H groups in total. The quantitative estimate of drug-likeness (QED) is 0.606. The average Bonchev–Trinajstić information content (AvgIpc) is 2.72. The van der Waals surface area contributed by atoms with Crippen molar-refractivity contribution in [3.05, 3.63) is 51.9 Å². The number of H-pyrrole nitrogens is 1. The first-order chi connectivity index (χ1) is 14.6. The van der Waals surface area contributed by atoms with Gasteiger partial charge >= 0.3 is 0 Å². The standard InChI is InChI=1S/C23H33N3O4S/c1-23(2,3)20-13-19(18-6-5-9-25-22(18)27)17(12-21(20)30-4)14-26-31(28,29)15-16-7-10-24-11-8-16/h5-6,9,12-13,16,24,26H,7-8,10-11,14-15H2,1-4H3,(H,25,27). The zero-order valence-electron chi connectivity index (χ0n) is 18.7. The molecule has 170 valence electrons. The lowest BCUT2D eigenvalue weighted by atomic mass is 9.83. The molecule has 0 bridgehead atoms. The van der Waals surface area contributed by atoms with Crippen molar-refractivity contribution in [1.82, 2.24) is 15.0 Å². The molecule has 0 spiro atoms. The third-order valence-corrected chi connectivity index (χ3v) is 7.23. The second-order valence-corrected chi connectivity index (χ2v) is 11.0. The van der Waals surface area contributed by atoms with E-state index in [0.717, 1.165) is 31.5 Å². The van der Waals surface area contributed by atoms with Gasteiger partial charge in [0.05, 0.1) is 12.9 Å². The molecule has 0 saturated carbocycles. The van der Waals surface area contributed by atoms with Gasteiger partial charge in [-0.05, 0) is 72.7 Å². The SMILES string of the molecule is COc1cc(CNS(=O)(=O)CC2CCNCC2)c(-c2ccc[nH]c2=O)cc1C(C)(C)C. The van der Waals surface area contributed by atoms with Crippen LogP contribution in [-0.2, 0) is 22.0 Å². The number of hydrogen-bond donors (Lipinski definition) is 3. The summed E-state index contributed by atoms with van der Waals surface area (Å²) in [5.41, 5.74) is 2.44. The van der Waals surface area contributed by atoms with Gasteiger partial charge in [0, 0.05) is 23.9 Å². The highest BCUT2D eigenvalue weighted by atomic mass is 32.2. The Kier molecular flexibility index (Phi) is 7.24. The minimum atomic E-state index is -3.45. The van der Waals surface area contributed by atoms with Crippen LogP contribution in [0.25, 0.3) is 11.1 Å². The minimum absolute atomic E-state index is 0.0950. The van der Waals surface area contributed by atoms with Crippen LogP contribution < -0.4 is 20.3 Å². The van der Waals surface area contributed by atoms with Crippen LogP contribution in [0.3, 0.4) is 0 Å². The molecule has 0 atom stereocenters. The zero-order chi connectivity index (χ0) is 22.6. The molecule has 0 amide bonds. The van der Waals surface area contributed by atoms with Crippen LogP contribution in [0, 0.1) is 5.92 Å². The Bertz CT molecular complexity index is 1060. The van der Waals surface area contributed by atoms with E-state index < -0.39 is 10.0 Å². The Morgan fingerprint density at radius 2 is 1.87 bits per heavy atom. The van der Waals surface area contributed by atoms with E-state index in [2.05, 4.69) is 35.8 Å². The molecule has 3 rings (SSSR count). The molecule has 1 aliphatic rings. The van der Waals surface area contributed by atoms with Crippen molar-refractivity contribution in [3.8, 4) is 16.9 Å². The van der Waals surface area contributed by atoms with Crippen molar-refractivity contribution in [2.75, 3.05) is 26.0 Å². The van der Waals surface area contributed by atoms with Crippen molar-refractivity contribution < 1.29 is 13.2 Å². The predicted molar refractivity (Wildman–Crippen MR) is 124 cm³/mol. The van der Waals surface area contributed by atoms with E-state index in [0.29, 0.717) is 22.4 Å². The van der Waals surface area contributed by atoms with Crippen LogP contribution in [0.15, 0.2) is 35.3 Å². The lowest BCUT2D eigenvalue weighted by molar-refractivity contribution is 0.396. The fraction of sp³-hybridized carbons (Fsp3) is 0.522. The van der Waals surface area contributed by atoms with E-state index in [-0.39, 0.29) is 29.2 Å². The fourth-order valence-corrected chi connectivity index (χ4v) is 5.46. The highest BCUT2D eigenvalue weighted by Crippen LogP contribution is 2.36. The van der Waals surface area contributed by atoms with Gasteiger partial charge in [-0.1, -0.05) is 20.8 Å². The molecule has 1 aromatic carbocycles. The summed E-state index contributed by atoms with van der Waals surface area (Å²) in [4.78, 5) is 15.2. The summed E-state index contributed by atoms with van der Waals surface area (Å²) in [6, 6.07) is 7.30. The topological polar surface area (TPSA) is 100 Å². The summed E-state index contributed by atoms with van der Waals surface area (Å²) < 4.78 is 33.8. The van der Waals surface area contributed by atoms with Crippen molar-refractivity contribution in [2.24, 2.45) is 5.92 Å². The van der Waals surface area contributed by atoms with Gasteiger partial charge in [-0.15, -0.1) is 0 Å². The number of sulfonamides is 1. The summed E-state index contributed by atoms with van der Waals surface area (Å²) in [6.45, 7) is 8.03. The molecule has 8 heteroatoms. The van der Waals surface area contributed by atoms with Gasteiger partial charge in [-0.2, -0.15) is 0 Å². The second kappa shape index (κ2) is 9.54. The summed E-state index contributed by atoms with van der Waals surface area (Å²) in [7, 11) is -1.85. The molecule has 1 saturated heterocycles. The molecular weight excluding hydrogens is 414 g/mol. The number of hydrogen-bond acceptors (Lipinski definition) is 5. The molecular formula is C23H33N3O4S. The van der Waals surface area contributed by atoms with E-state index >= 15 is 0 Å². The summed E-state index contributed by atoms with van der Waals surface area (Å²) >= 11 is 0. The molecule has 7 nitrogen and oxygen atoms in total. The first-order valence-corrected chi connectivity index (χ1v) is 12.3. The summed E-state index contributed by atoms with van der Waals surface area (Å²) in [5.74, 6) is 0.955. The smallest absolute Gasteiger partial charge is 0.255 e. The van der Waals surface area contributed by atoms with Gasteiger partial charge in [0.15, 0.2) is 0 Å². The van der Waals surface area contributed by atoms with E-state index in [4.69, 9.17) is 4.74 Å². The molecule has 31 heavy (non-hydrogen) atoms. The fourth-order valence-electron chi connectivity index (χ4n) is 4.01. The minimum Gasteiger partial charge on any atom is -0.496 e. The van der Waals surface area contributed by atoms with Crippen molar-refractivity contribution in [1.29, 1.82) is 0 Å². The van der Waals surface area contributed by atoms with Gasteiger partial charge in [0.2, 0.25) is 10.0 Å². The molecule has 1 aromatic heterocycles. The Balaban J connectivity index is 1.96. The summed E-state index contributed by atoms with van der Waals surface area (Å²) in [6.07, 6.45) is 3.31. The molecule has 1 fully saturated rings. The molecule has 0 radical (unpaired) electrons. The number of piperidine rings is 1. The lowest BCUT2D eigenvalue weighted by Crippen LogP contribution is -2.35. The van der Waals surface area contributed by atoms with Crippen LogP contribution in [0.4, 0.5) is 0 Å². The number of methoxy groups -OCH3 is 1. The number of ether oxygens (including phenoxy) is 1. The van der Waals surface area contributed by atoms with Crippen LogP contribution in [0.1, 0.15) is 44.7 Å². The number of aromatic amines is 1. The molecule has 0 unspecified atom stereocenters. The maximum Gasteiger partial charge on any atom is 0.255 e. The number of nitrogens with one attached hydrogen (secondary N) is 3. The molecule has 1 aliphatic heterocycles. The van der Waals surface area contributed by atoms with Crippen LogP contribution in [-0.4, -0.2) is 39.4 Å². The normalized spacial score (nSPS) is 15.7. The predicted octanol–water partition coefficient (Wildman–Crippen LogP) is 2.77. The monoisotopic (exact) mass is 447 g/mol. The first-order valence-electron chi connectivity index (χ1n) is 10.7. The number of pyridine rings is 1. The highest BCUT2D eigenvalue weighted by Gasteiger charge is 2.25. The highest BCUT2D eigenvalue weighted by molar-refractivity contribution is 7.89. The third kappa shape index (κ3) is 5.96. The van der Waals surface area contributed by atoms with Gasteiger partial charge in [0.25, 0.3) is 5.56 Å². The number of benzene rings is 1. The third-order valence-electron chi connectivity index (χ3n) is 5.74. The Hall–Kier alpha value is -2.16. The maximum absolute atomic E-state index is 12.7. The van der Waals surface area contributed by atoms with Crippen LogP contribution >= 0.6 is 0 Å². The van der Waals surface area contributed by atoms with Crippen molar-refractivity contribution in [3.63, 3.8) is 0 Å². The average molecular weight is 448 g/mol. The van der Waals surface area contributed by atoms with Crippen molar-refractivity contribution >= 4 is 10.0 Å². The van der Waals surface area contributed by atoms with Crippen molar-refractivity contribution in [2.45, 2.75) is 45.6 Å². The Labute approximate surface area is 184 Å². The number of rotatable bonds is 7. The molecule has 2 heterocycles. The second-order valence-electron chi connectivity index (χ2n) is 9.17. The van der Waals surface area contributed by atoms with Gasteiger partial charge in [-0.25, -0.2) is 13.1 Å². The maximum atomic E-state index is 12.7. The van der Waals surface area contributed by atoms with Gasteiger partial charge in [0.1, 0.15) is 5.75 Å². The van der Waals surface area contributed by atoms with E-state index in [1.165, 1.54) is 0 Å². The van der Waals surface area contributed by atoms with E-state index in [1.807, 2.05) is 12.1 Å². The van der Waals surface area contributed by atoms with E-state index in [9.17, 15) is 13.2 Å².